The Morgan fingerprint density at radius 1 is 1.44 bits per heavy atom. The highest BCUT2D eigenvalue weighted by atomic mass is 16.3. The second-order valence-electron chi connectivity index (χ2n) is 5.34. The lowest BCUT2D eigenvalue weighted by atomic mass is 9.73. The Labute approximate surface area is 108 Å². The molecular formula is C14H22N2O2. The molecule has 100 valence electrons. The fourth-order valence-electron chi connectivity index (χ4n) is 2.87. The second kappa shape index (κ2) is 5.57. The van der Waals surface area contributed by atoms with Crippen LogP contribution in [0.3, 0.4) is 0 Å². The Morgan fingerprint density at radius 2 is 2.17 bits per heavy atom. The van der Waals surface area contributed by atoms with Crippen molar-refractivity contribution in [2.24, 2.45) is 11.1 Å². The number of hydrogen-bond acceptors (Lipinski definition) is 3. The van der Waals surface area contributed by atoms with Crippen molar-refractivity contribution in [1.29, 1.82) is 0 Å². The number of nitrogens with zero attached hydrogens (tertiary/aromatic N) is 1. The molecule has 0 aromatic carbocycles. The average molecular weight is 250 g/mol. The van der Waals surface area contributed by atoms with Crippen LogP contribution in [0.4, 0.5) is 0 Å². The standard InChI is InChI=1S/C14H22N2O2/c1-16(9-12-5-8-18-10-12)13(17)14(11-15)6-3-2-4-7-14/h5,8,10H,2-4,6-7,9,11,15H2,1H3. The number of furan rings is 1. The number of nitrogens with two attached hydrogens (primary N) is 1. The van der Waals surface area contributed by atoms with Crippen molar-refractivity contribution < 1.29 is 9.21 Å². The molecule has 0 saturated heterocycles. The predicted octanol–water partition coefficient (Wildman–Crippen LogP) is 2.15. The van der Waals surface area contributed by atoms with E-state index in [2.05, 4.69) is 0 Å². The maximum atomic E-state index is 12.6. The van der Waals surface area contributed by atoms with E-state index in [0.29, 0.717) is 13.1 Å². The van der Waals surface area contributed by atoms with Crippen LogP contribution >= 0.6 is 0 Å². The molecule has 1 fully saturated rings. The van der Waals surface area contributed by atoms with Gasteiger partial charge in [0.25, 0.3) is 0 Å². The van der Waals surface area contributed by atoms with Crippen molar-refractivity contribution >= 4 is 5.91 Å². The summed E-state index contributed by atoms with van der Waals surface area (Å²) in [6, 6.07) is 1.89. The summed E-state index contributed by atoms with van der Waals surface area (Å²) in [4.78, 5) is 14.4. The Hall–Kier alpha value is -1.29. The molecule has 0 radical (unpaired) electrons. The van der Waals surface area contributed by atoms with Crippen molar-refractivity contribution in [2.45, 2.75) is 38.6 Å². The van der Waals surface area contributed by atoms with Gasteiger partial charge in [-0.3, -0.25) is 4.79 Å². The maximum absolute atomic E-state index is 12.6. The van der Waals surface area contributed by atoms with E-state index in [-0.39, 0.29) is 11.3 Å². The Morgan fingerprint density at radius 3 is 2.72 bits per heavy atom. The zero-order chi connectivity index (χ0) is 13.0. The van der Waals surface area contributed by atoms with Crippen LogP contribution in [-0.2, 0) is 11.3 Å². The summed E-state index contributed by atoms with van der Waals surface area (Å²) in [7, 11) is 1.85. The second-order valence-corrected chi connectivity index (χ2v) is 5.34. The summed E-state index contributed by atoms with van der Waals surface area (Å²) in [5.74, 6) is 0.186. The van der Waals surface area contributed by atoms with Crippen LogP contribution in [0.2, 0.25) is 0 Å². The minimum Gasteiger partial charge on any atom is -0.472 e. The molecule has 4 heteroatoms. The molecular weight excluding hydrogens is 228 g/mol. The van der Waals surface area contributed by atoms with E-state index in [1.54, 1.807) is 17.4 Å². The van der Waals surface area contributed by atoms with E-state index in [9.17, 15) is 4.79 Å². The third-order valence-corrected chi connectivity index (χ3v) is 4.00. The highest BCUT2D eigenvalue weighted by molar-refractivity contribution is 5.82. The summed E-state index contributed by atoms with van der Waals surface area (Å²) in [6.07, 6.45) is 8.62. The Balaban J connectivity index is 2.04. The smallest absolute Gasteiger partial charge is 0.230 e. The highest BCUT2D eigenvalue weighted by Gasteiger charge is 2.39. The van der Waals surface area contributed by atoms with Gasteiger partial charge in [0, 0.05) is 25.7 Å². The lowest BCUT2D eigenvalue weighted by molar-refractivity contribution is -0.142. The van der Waals surface area contributed by atoms with Crippen molar-refractivity contribution in [2.75, 3.05) is 13.6 Å². The van der Waals surface area contributed by atoms with E-state index in [1.165, 1.54) is 6.42 Å². The topological polar surface area (TPSA) is 59.5 Å². The predicted molar refractivity (Wildman–Crippen MR) is 69.8 cm³/mol. The van der Waals surface area contributed by atoms with Crippen LogP contribution < -0.4 is 5.73 Å². The zero-order valence-electron chi connectivity index (χ0n) is 11.0. The van der Waals surface area contributed by atoms with Gasteiger partial charge in [0.15, 0.2) is 0 Å². The van der Waals surface area contributed by atoms with E-state index in [1.807, 2.05) is 13.1 Å². The summed E-state index contributed by atoms with van der Waals surface area (Å²) in [5.41, 5.74) is 6.58. The molecule has 2 rings (SSSR count). The molecule has 0 unspecified atom stereocenters. The Bertz CT molecular complexity index is 381. The third kappa shape index (κ3) is 2.58. The van der Waals surface area contributed by atoms with Gasteiger partial charge >= 0.3 is 0 Å². The average Bonchev–Trinajstić information content (AvgIpc) is 2.91. The normalized spacial score (nSPS) is 18.6. The third-order valence-electron chi connectivity index (χ3n) is 4.00. The lowest BCUT2D eigenvalue weighted by Gasteiger charge is -2.37. The highest BCUT2D eigenvalue weighted by Crippen LogP contribution is 2.37. The van der Waals surface area contributed by atoms with E-state index in [4.69, 9.17) is 10.2 Å². The fraction of sp³-hybridized carbons (Fsp3) is 0.643. The summed E-state index contributed by atoms with van der Waals surface area (Å²) in [5, 5.41) is 0. The molecule has 1 aliphatic rings. The molecule has 4 nitrogen and oxygen atoms in total. The molecule has 0 spiro atoms. The minimum atomic E-state index is -0.323. The zero-order valence-corrected chi connectivity index (χ0v) is 11.0. The van der Waals surface area contributed by atoms with Crippen molar-refractivity contribution in [3.8, 4) is 0 Å². The Kier molecular flexibility index (Phi) is 4.07. The van der Waals surface area contributed by atoms with Crippen LogP contribution in [-0.4, -0.2) is 24.4 Å². The van der Waals surface area contributed by atoms with E-state index in [0.717, 1.165) is 31.2 Å². The molecule has 2 N–H and O–H groups in total. The SMILES string of the molecule is CN(Cc1ccoc1)C(=O)C1(CN)CCCCC1. The molecule has 1 heterocycles. The van der Waals surface area contributed by atoms with Gasteiger partial charge in [0.2, 0.25) is 5.91 Å². The monoisotopic (exact) mass is 250 g/mol. The van der Waals surface area contributed by atoms with Crippen LogP contribution in [0.5, 0.6) is 0 Å². The summed E-state index contributed by atoms with van der Waals surface area (Å²) >= 11 is 0. The van der Waals surface area contributed by atoms with E-state index < -0.39 is 0 Å². The van der Waals surface area contributed by atoms with Gasteiger partial charge in [-0.15, -0.1) is 0 Å². The molecule has 1 amide bonds. The first-order valence-corrected chi connectivity index (χ1v) is 6.65. The number of carbonyl (C=O) groups is 1. The largest absolute Gasteiger partial charge is 0.472 e. The van der Waals surface area contributed by atoms with E-state index >= 15 is 0 Å². The van der Waals surface area contributed by atoms with Crippen LogP contribution in [0.25, 0.3) is 0 Å². The van der Waals surface area contributed by atoms with Gasteiger partial charge in [-0.1, -0.05) is 19.3 Å². The molecule has 0 aliphatic heterocycles. The lowest BCUT2D eigenvalue weighted by Crippen LogP contribution is -2.47. The van der Waals surface area contributed by atoms with Crippen LogP contribution in [0.15, 0.2) is 23.0 Å². The first-order chi connectivity index (χ1) is 8.68. The fourth-order valence-corrected chi connectivity index (χ4v) is 2.87. The van der Waals surface area contributed by atoms with Gasteiger partial charge in [0.05, 0.1) is 17.9 Å². The summed E-state index contributed by atoms with van der Waals surface area (Å²) < 4.78 is 5.03. The number of amides is 1. The van der Waals surface area contributed by atoms with Gasteiger partial charge in [-0.05, 0) is 18.9 Å². The molecule has 18 heavy (non-hydrogen) atoms. The van der Waals surface area contributed by atoms with Crippen LogP contribution in [0, 0.1) is 5.41 Å². The van der Waals surface area contributed by atoms with Gasteiger partial charge in [0.1, 0.15) is 0 Å². The minimum absolute atomic E-state index is 0.186. The van der Waals surface area contributed by atoms with Crippen molar-refractivity contribution in [3.63, 3.8) is 0 Å². The number of carbonyl (C=O) groups excluding carboxylic acids is 1. The van der Waals surface area contributed by atoms with Crippen molar-refractivity contribution in [1.82, 2.24) is 4.90 Å². The molecule has 1 saturated carbocycles. The van der Waals surface area contributed by atoms with Crippen LogP contribution in [0.1, 0.15) is 37.7 Å². The first-order valence-electron chi connectivity index (χ1n) is 6.65. The molecule has 1 aromatic rings. The van der Waals surface area contributed by atoms with Gasteiger partial charge in [-0.25, -0.2) is 0 Å². The first kappa shape index (κ1) is 13.1. The van der Waals surface area contributed by atoms with Crippen molar-refractivity contribution in [3.05, 3.63) is 24.2 Å². The van der Waals surface area contributed by atoms with Gasteiger partial charge in [-0.2, -0.15) is 0 Å². The number of hydrogen-bond donors (Lipinski definition) is 1. The molecule has 1 aromatic heterocycles. The molecule has 0 bridgehead atoms. The molecule has 0 atom stereocenters. The van der Waals surface area contributed by atoms with Gasteiger partial charge < -0.3 is 15.1 Å². The number of rotatable bonds is 4. The molecule has 1 aliphatic carbocycles. The quantitative estimate of drug-likeness (QED) is 0.890. The summed E-state index contributed by atoms with van der Waals surface area (Å²) in [6.45, 7) is 1.05. The maximum Gasteiger partial charge on any atom is 0.230 e.